The predicted molar refractivity (Wildman–Crippen MR) is 85.6 cm³/mol. The van der Waals surface area contributed by atoms with Gasteiger partial charge in [-0.25, -0.2) is 4.79 Å². The summed E-state index contributed by atoms with van der Waals surface area (Å²) in [5.41, 5.74) is 0. The van der Waals surface area contributed by atoms with E-state index < -0.39 is 16.6 Å². The molecule has 0 aromatic rings. The average Bonchev–Trinajstić information content (AvgIpc) is 2.23. The molecule has 0 atom stereocenters. The largest absolute Gasteiger partial charge is 0.504 e. The smallest absolute Gasteiger partial charge is 0.395 e. The van der Waals surface area contributed by atoms with Crippen molar-refractivity contribution in [1.82, 2.24) is 4.90 Å². The molecule has 0 aromatic heterocycles. The quantitative estimate of drug-likeness (QED) is 0.638. The van der Waals surface area contributed by atoms with Gasteiger partial charge in [-0.3, -0.25) is 0 Å². The third-order valence-electron chi connectivity index (χ3n) is 2.67. The third kappa shape index (κ3) is 10.1. The minimum atomic E-state index is -1.78. The highest BCUT2D eigenvalue weighted by Gasteiger charge is 2.24. The van der Waals surface area contributed by atoms with Crippen LogP contribution >= 0.6 is 0 Å². The number of hydrogen-bond acceptors (Lipinski definition) is 3. The lowest BCUT2D eigenvalue weighted by Gasteiger charge is -2.26. The number of nitrogens with zero attached hydrogens (tertiary/aromatic N) is 1. The van der Waals surface area contributed by atoms with Crippen molar-refractivity contribution in [2.75, 3.05) is 20.2 Å². The van der Waals surface area contributed by atoms with Crippen LogP contribution in [0.25, 0.3) is 0 Å². The van der Waals surface area contributed by atoms with Crippen LogP contribution in [0.1, 0.15) is 19.8 Å². The summed E-state index contributed by atoms with van der Waals surface area (Å²) in [6.45, 7) is 14.3. The molecule has 0 spiro atoms. The van der Waals surface area contributed by atoms with E-state index in [0.29, 0.717) is 0 Å². The van der Waals surface area contributed by atoms with Crippen molar-refractivity contribution in [3.8, 4) is 0 Å². The second kappa shape index (κ2) is 8.06. The van der Waals surface area contributed by atoms with Crippen molar-refractivity contribution in [3.05, 3.63) is 0 Å². The Morgan fingerprint density at radius 3 is 2.21 bits per heavy atom. The van der Waals surface area contributed by atoms with Gasteiger partial charge in [-0.05, 0) is 51.6 Å². The van der Waals surface area contributed by atoms with Crippen LogP contribution in [0, 0.1) is 0 Å². The molecule has 114 valence electrons. The number of carbonyl (C=O) groups is 1. The normalized spacial score (nSPS) is 12.4. The third-order valence-corrected chi connectivity index (χ3v) is 6.00. The van der Waals surface area contributed by atoms with E-state index >= 15 is 0 Å². The molecule has 0 aromatic carbocycles. The van der Waals surface area contributed by atoms with Crippen molar-refractivity contribution < 1.29 is 13.6 Å². The van der Waals surface area contributed by atoms with Crippen LogP contribution in [0.15, 0.2) is 0 Å². The number of carbonyl (C=O) groups excluding carboxylic acids is 1. The van der Waals surface area contributed by atoms with E-state index in [0.717, 1.165) is 32.0 Å². The highest BCUT2D eigenvalue weighted by atomic mass is 28.4. The molecule has 0 heterocycles. The molecule has 4 nitrogen and oxygen atoms in total. The van der Waals surface area contributed by atoms with Crippen LogP contribution in [-0.2, 0) is 8.85 Å². The first kappa shape index (κ1) is 18.7. The van der Waals surface area contributed by atoms with Crippen molar-refractivity contribution in [2.45, 2.75) is 58.5 Å². The fraction of sp³-hybridized carbons (Fsp3) is 0.923. The summed E-state index contributed by atoms with van der Waals surface area (Å²) in [6, 6.07) is 1.08. The monoisotopic (exact) mass is 305 g/mol. The lowest BCUT2D eigenvalue weighted by Crippen LogP contribution is -2.38. The van der Waals surface area contributed by atoms with Gasteiger partial charge in [-0.1, -0.05) is 6.92 Å². The van der Waals surface area contributed by atoms with Crippen LogP contribution in [0.4, 0.5) is 4.79 Å². The van der Waals surface area contributed by atoms with Gasteiger partial charge in [0.1, 0.15) is 0 Å². The lowest BCUT2D eigenvalue weighted by atomic mass is 10.4. The average molecular weight is 306 g/mol. The Bertz CT molecular complexity index is 278. The summed E-state index contributed by atoms with van der Waals surface area (Å²) in [5.74, 6) is 0. The van der Waals surface area contributed by atoms with E-state index in [1.54, 1.807) is 4.90 Å². The molecule has 0 rings (SSSR count). The topological polar surface area (TPSA) is 38.8 Å². The Morgan fingerprint density at radius 1 is 1.16 bits per heavy atom. The molecular weight excluding hydrogens is 274 g/mol. The summed E-state index contributed by atoms with van der Waals surface area (Å²) in [7, 11) is -1.52. The van der Waals surface area contributed by atoms with E-state index in [9.17, 15) is 4.79 Å². The van der Waals surface area contributed by atoms with Gasteiger partial charge in [-0.2, -0.15) is 0 Å². The first-order valence-corrected chi connectivity index (χ1v) is 13.7. The molecule has 0 saturated heterocycles. The van der Waals surface area contributed by atoms with Crippen molar-refractivity contribution >= 4 is 22.7 Å². The minimum Gasteiger partial charge on any atom is -0.504 e. The molecule has 6 heteroatoms. The van der Waals surface area contributed by atoms with Crippen LogP contribution in [0.5, 0.6) is 0 Å². The standard InChI is InChI=1S/C13H31NO3Si2/c1-8-11-16-19(6,7)12-9-10-14(2)13(15)17-18(3,4)5/h8-12H2,1-7H3. The maximum atomic E-state index is 11.8. The molecule has 0 saturated carbocycles. The zero-order valence-electron chi connectivity index (χ0n) is 13.7. The molecule has 0 aliphatic carbocycles. The Morgan fingerprint density at radius 2 is 1.74 bits per heavy atom. The van der Waals surface area contributed by atoms with Gasteiger partial charge in [0.05, 0.1) is 0 Å². The number of amides is 1. The molecule has 0 bridgehead atoms. The Hall–Kier alpha value is -0.336. The van der Waals surface area contributed by atoms with Gasteiger partial charge in [-0.15, -0.1) is 0 Å². The van der Waals surface area contributed by atoms with E-state index in [-0.39, 0.29) is 6.09 Å². The SMILES string of the molecule is CCCO[Si](C)(C)CCCN(C)C(=O)O[Si](C)(C)C. The molecule has 0 radical (unpaired) electrons. The van der Waals surface area contributed by atoms with Gasteiger partial charge in [0, 0.05) is 20.2 Å². The summed E-state index contributed by atoms with van der Waals surface area (Å²) in [5, 5.41) is 0. The van der Waals surface area contributed by atoms with Gasteiger partial charge in [0.15, 0.2) is 8.32 Å². The van der Waals surface area contributed by atoms with Crippen LogP contribution in [-0.4, -0.2) is 47.8 Å². The van der Waals surface area contributed by atoms with Gasteiger partial charge < -0.3 is 13.8 Å². The van der Waals surface area contributed by atoms with Crippen LogP contribution in [0.3, 0.4) is 0 Å². The molecule has 0 fully saturated rings. The van der Waals surface area contributed by atoms with E-state index in [1.165, 1.54) is 0 Å². The number of hydrogen-bond donors (Lipinski definition) is 0. The fourth-order valence-corrected chi connectivity index (χ4v) is 4.21. The second-order valence-corrected chi connectivity index (χ2v) is 15.4. The van der Waals surface area contributed by atoms with Gasteiger partial charge in [0.25, 0.3) is 0 Å². The van der Waals surface area contributed by atoms with E-state index in [1.807, 2.05) is 26.7 Å². The Labute approximate surface area is 120 Å². The zero-order valence-corrected chi connectivity index (χ0v) is 15.7. The maximum Gasteiger partial charge on any atom is 0.395 e. The minimum absolute atomic E-state index is 0.187. The lowest BCUT2D eigenvalue weighted by molar-refractivity contribution is 0.161. The van der Waals surface area contributed by atoms with Crippen molar-refractivity contribution in [1.29, 1.82) is 0 Å². The summed E-state index contributed by atoms with van der Waals surface area (Å²) in [4.78, 5) is 13.5. The molecule has 19 heavy (non-hydrogen) atoms. The van der Waals surface area contributed by atoms with Crippen LogP contribution < -0.4 is 0 Å². The van der Waals surface area contributed by atoms with Gasteiger partial charge in [0.2, 0.25) is 8.32 Å². The summed E-state index contributed by atoms with van der Waals surface area (Å²) < 4.78 is 11.4. The molecule has 0 N–H and O–H groups in total. The summed E-state index contributed by atoms with van der Waals surface area (Å²) in [6.07, 6.45) is 1.87. The summed E-state index contributed by atoms with van der Waals surface area (Å²) >= 11 is 0. The zero-order chi connectivity index (χ0) is 15.1. The number of rotatable bonds is 8. The van der Waals surface area contributed by atoms with Crippen molar-refractivity contribution in [3.63, 3.8) is 0 Å². The molecule has 0 aliphatic heterocycles. The Kier molecular flexibility index (Phi) is 7.92. The molecular formula is C13H31NO3Si2. The maximum absolute atomic E-state index is 11.8. The highest BCUT2D eigenvalue weighted by molar-refractivity contribution is 6.71. The van der Waals surface area contributed by atoms with E-state index in [2.05, 4.69) is 20.0 Å². The Balaban J connectivity index is 3.97. The molecule has 0 aliphatic rings. The van der Waals surface area contributed by atoms with E-state index in [4.69, 9.17) is 8.85 Å². The molecule has 1 amide bonds. The van der Waals surface area contributed by atoms with Crippen LogP contribution in [0.2, 0.25) is 38.8 Å². The first-order valence-electron chi connectivity index (χ1n) is 7.15. The van der Waals surface area contributed by atoms with Crippen molar-refractivity contribution in [2.24, 2.45) is 0 Å². The second-order valence-electron chi connectivity index (χ2n) is 6.61. The molecule has 0 unspecified atom stereocenters. The fourth-order valence-electron chi connectivity index (χ4n) is 1.62. The predicted octanol–water partition coefficient (Wildman–Crippen LogP) is 3.91. The van der Waals surface area contributed by atoms with Gasteiger partial charge >= 0.3 is 6.09 Å². The highest BCUT2D eigenvalue weighted by Crippen LogP contribution is 2.15. The first-order chi connectivity index (χ1) is 8.57.